The van der Waals surface area contributed by atoms with Crippen LogP contribution in [0.25, 0.3) is 0 Å². The molecule has 1 aliphatic carbocycles. The number of thioether (sulfide) groups is 1. The van der Waals surface area contributed by atoms with Gasteiger partial charge in [0.05, 0.1) is 0 Å². The molecule has 1 fully saturated rings. The fourth-order valence-corrected chi connectivity index (χ4v) is 5.24. The second-order valence-corrected chi connectivity index (χ2v) is 9.50. The van der Waals surface area contributed by atoms with Crippen molar-refractivity contribution in [3.8, 4) is 0 Å². The van der Waals surface area contributed by atoms with Gasteiger partial charge in [-0.1, -0.05) is 6.92 Å². The van der Waals surface area contributed by atoms with Crippen LogP contribution in [-0.2, 0) is 16.6 Å². The summed E-state index contributed by atoms with van der Waals surface area (Å²) in [5, 5.41) is 5.80. The average Bonchev–Trinajstić information content (AvgIpc) is 3.18. The van der Waals surface area contributed by atoms with Crippen molar-refractivity contribution in [2.45, 2.75) is 55.8 Å². The Labute approximate surface area is 136 Å². The molecule has 0 spiro atoms. The zero-order valence-corrected chi connectivity index (χ0v) is 15.3. The summed E-state index contributed by atoms with van der Waals surface area (Å²) in [6.07, 6.45) is 5.30. The lowest BCUT2D eigenvalue weighted by Crippen LogP contribution is -2.28. The van der Waals surface area contributed by atoms with Gasteiger partial charge in [0.25, 0.3) is 0 Å². The summed E-state index contributed by atoms with van der Waals surface area (Å²) in [6.45, 7) is 5.13. The van der Waals surface area contributed by atoms with Crippen LogP contribution in [0.15, 0.2) is 10.3 Å². The minimum absolute atomic E-state index is 0.465. The van der Waals surface area contributed by atoms with Gasteiger partial charge in [-0.25, -0.2) is 13.1 Å². The summed E-state index contributed by atoms with van der Waals surface area (Å²) >= 11 is 3.29. The highest BCUT2D eigenvalue weighted by molar-refractivity contribution is 7.99. The maximum absolute atomic E-state index is 12.5. The third-order valence-electron chi connectivity index (χ3n) is 3.63. The Hall–Kier alpha value is -0.0800. The van der Waals surface area contributed by atoms with Crippen LogP contribution in [0.1, 0.15) is 36.6 Å². The summed E-state index contributed by atoms with van der Waals surface area (Å²) in [4.78, 5) is 1.40. The number of hydrogen-bond donors (Lipinski definition) is 2. The van der Waals surface area contributed by atoms with Gasteiger partial charge in [0.15, 0.2) is 0 Å². The molecule has 0 bridgehead atoms. The van der Waals surface area contributed by atoms with Crippen LogP contribution in [0.4, 0.5) is 0 Å². The lowest BCUT2D eigenvalue weighted by Gasteiger charge is -2.11. The fraction of sp³-hybridized carbons (Fsp3) is 0.714. The number of sulfonamides is 1. The number of rotatable bonds is 9. The molecule has 1 aromatic rings. The monoisotopic (exact) mass is 348 g/mol. The molecule has 0 aromatic carbocycles. The Kier molecular flexibility index (Phi) is 6.14. The van der Waals surface area contributed by atoms with E-state index in [2.05, 4.69) is 17.0 Å². The van der Waals surface area contributed by atoms with Crippen molar-refractivity contribution < 1.29 is 8.42 Å². The molecule has 1 atom stereocenters. The molecule has 0 saturated heterocycles. The molecular weight excluding hydrogens is 324 g/mol. The molecule has 0 amide bonds. The first-order valence-electron chi connectivity index (χ1n) is 7.27. The van der Waals surface area contributed by atoms with E-state index < -0.39 is 10.0 Å². The Morgan fingerprint density at radius 2 is 2.19 bits per heavy atom. The maximum Gasteiger partial charge on any atom is 0.241 e. The number of aryl methyl sites for hydroxylation is 1. The van der Waals surface area contributed by atoms with Gasteiger partial charge in [-0.15, -0.1) is 11.3 Å². The van der Waals surface area contributed by atoms with Gasteiger partial charge in [-0.05, 0) is 43.4 Å². The lowest BCUT2D eigenvalue weighted by atomic mass is 10.3. The Balaban J connectivity index is 2.01. The van der Waals surface area contributed by atoms with E-state index in [9.17, 15) is 8.42 Å². The van der Waals surface area contributed by atoms with Crippen LogP contribution in [0, 0.1) is 6.92 Å². The predicted octanol–water partition coefficient (Wildman–Crippen LogP) is 2.73. The van der Waals surface area contributed by atoms with E-state index in [4.69, 9.17) is 0 Å². The standard InChI is InChI=1S/C14H24N2O2S3/c1-10-9-20-13(8-15-12-4-5-12)14(10)21(17,18)16-7-6-11(2)19-3/h9,11-12,15-16H,4-8H2,1-3H3. The van der Waals surface area contributed by atoms with Crippen LogP contribution >= 0.6 is 23.1 Å². The number of hydrogen-bond acceptors (Lipinski definition) is 5. The number of thiophene rings is 1. The molecule has 7 heteroatoms. The van der Waals surface area contributed by atoms with Gasteiger partial charge in [-0.2, -0.15) is 11.8 Å². The van der Waals surface area contributed by atoms with E-state index in [1.54, 1.807) is 11.8 Å². The normalized spacial score (nSPS) is 17.1. The van der Waals surface area contributed by atoms with Crippen LogP contribution in [0.5, 0.6) is 0 Å². The molecule has 2 rings (SSSR count). The van der Waals surface area contributed by atoms with Gasteiger partial charge >= 0.3 is 0 Å². The SMILES string of the molecule is CSC(C)CCNS(=O)(=O)c1c(C)csc1CNC1CC1. The summed E-state index contributed by atoms with van der Waals surface area (Å²) in [7, 11) is -3.40. The van der Waals surface area contributed by atoms with Crippen LogP contribution in [0.3, 0.4) is 0 Å². The second-order valence-electron chi connectivity index (χ2n) is 5.56. The second kappa shape index (κ2) is 7.46. The zero-order valence-electron chi connectivity index (χ0n) is 12.8. The van der Waals surface area contributed by atoms with E-state index in [-0.39, 0.29) is 0 Å². The summed E-state index contributed by atoms with van der Waals surface area (Å²) in [5.74, 6) is 0. The molecule has 1 unspecified atom stereocenters. The summed E-state index contributed by atoms with van der Waals surface area (Å²) < 4.78 is 27.8. The van der Waals surface area contributed by atoms with Crippen molar-refractivity contribution in [2.24, 2.45) is 0 Å². The molecule has 1 aliphatic rings. The van der Waals surface area contributed by atoms with E-state index in [1.807, 2.05) is 18.6 Å². The largest absolute Gasteiger partial charge is 0.309 e. The van der Waals surface area contributed by atoms with Crippen molar-refractivity contribution in [3.05, 3.63) is 15.8 Å². The highest BCUT2D eigenvalue weighted by Crippen LogP contribution is 2.28. The van der Waals surface area contributed by atoms with Crippen molar-refractivity contribution >= 4 is 33.1 Å². The average molecular weight is 349 g/mol. The van der Waals surface area contributed by atoms with Gasteiger partial charge in [-0.3, -0.25) is 0 Å². The van der Waals surface area contributed by atoms with E-state index in [1.165, 1.54) is 24.2 Å². The van der Waals surface area contributed by atoms with Crippen LogP contribution in [0.2, 0.25) is 0 Å². The highest BCUT2D eigenvalue weighted by Gasteiger charge is 2.25. The Bertz CT molecular complexity index is 565. The van der Waals surface area contributed by atoms with Gasteiger partial charge in [0.2, 0.25) is 10.0 Å². The highest BCUT2D eigenvalue weighted by atomic mass is 32.2. The molecule has 0 aliphatic heterocycles. The first-order valence-corrected chi connectivity index (χ1v) is 10.9. The molecular formula is C14H24N2O2S3. The molecule has 0 radical (unpaired) electrons. The third kappa shape index (κ3) is 4.96. The quantitative estimate of drug-likeness (QED) is 0.720. The van der Waals surface area contributed by atoms with E-state index in [0.29, 0.717) is 29.3 Å². The Morgan fingerprint density at radius 1 is 1.48 bits per heavy atom. The Morgan fingerprint density at radius 3 is 2.81 bits per heavy atom. The molecule has 4 nitrogen and oxygen atoms in total. The third-order valence-corrected chi connectivity index (χ3v) is 7.60. The maximum atomic E-state index is 12.5. The molecule has 1 aromatic heterocycles. The van der Waals surface area contributed by atoms with Crippen molar-refractivity contribution in [1.29, 1.82) is 0 Å². The van der Waals surface area contributed by atoms with Crippen molar-refractivity contribution in [3.63, 3.8) is 0 Å². The van der Waals surface area contributed by atoms with Gasteiger partial charge < -0.3 is 5.32 Å². The van der Waals surface area contributed by atoms with E-state index >= 15 is 0 Å². The topological polar surface area (TPSA) is 58.2 Å². The predicted molar refractivity (Wildman–Crippen MR) is 91.7 cm³/mol. The molecule has 1 heterocycles. The van der Waals surface area contributed by atoms with Crippen LogP contribution < -0.4 is 10.0 Å². The fourth-order valence-electron chi connectivity index (χ4n) is 2.08. The summed E-state index contributed by atoms with van der Waals surface area (Å²) in [6, 6.07) is 0.582. The molecule has 120 valence electrons. The van der Waals surface area contributed by atoms with Crippen LogP contribution in [-0.4, -0.2) is 32.5 Å². The molecule has 21 heavy (non-hydrogen) atoms. The summed E-state index contributed by atoms with van der Waals surface area (Å²) in [5.41, 5.74) is 0.845. The lowest BCUT2D eigenvalue weighted by molar-refractivity contribution is 0.576. The number of nitrogens with one attached hydrogen (secondary N) is 2. The minimum atomic E-state index is -3.40. The minimum Gasteiger partial charge on any atom is -0.309 e. The molecule has 1 saturated carbocycles. The first kappa shape index (κ1) is 17.3. The van der Waals surface area contributed by atoms with Crippen molar-refractivity contribution in [1.82, 2.24) is 10.0 Å². The molecule has 2 N–H and O–H groups in total. The van der Waals surface area contributed by atoms with Gasteiger partial charge in [0.1, 0.15) is 4.90 Å². The van der Waals surface area contributed by atoms with E-state index in [0.717, 1.165) is 16.9 Å². The smallest absolute Gasteiger partial charge is 0.241 e. The van der Waals surface area contributed by atoms with Crippen molar-refractivity contribution in [2.75, 3.05) is 12.8 Å². The van der Waals surface area contributed by atoms with Gasteiger partial charge in [0, 0.05) is 29.3 Å². The first-order chi connectivity index (χ1) is 9.94. The zero-order chi connectivity index (χ0) is 15.5.